The van der Waals surface area contributed by atoms with E-state index in [9.17, 15) is 9.59 Å². The summed E-state index contributed by atoms with van der Waals surface area (Å²) >= 11 is 0. The lowest BCUT2D eigenvalue weighted by Gasteiger charge is -2.17. The van der Waals surface area contributed by atoms with E-state index in [2.05, 4.69) is 48.7 Å². The second-order valence-corrected chi connectivity index (χ2v) is 7.29. The molecule has 0 rings (SSSR count). The molecule has 0 aliphatic carbocycles. The molecule has 0 radical (unpaired) electrons. The molecule has 0 saturated carbocycles. The molecule has 0 bridgehead atoms. The normalized spacial score (nSPS) is 11.7. The summed E-state index contributed by atoms with van der Waals surface area (Å²) in [7, 11) is 1.52. The minimum Gasteiger partial charge on any atom is -0.465 e. The predicted octanol–water partition coefficient (Wildman–Crippen LogP) is 6.08. The van der Waals surface area contributed by atoms with E-state index in [4.69, 9.17) is 5.11 Å². The Bertz CT molecular complexity index is 498. The van der Waals surface area contributed by atoms with E-state index >= 15 is 0 Å². The van der Waals surface area contributed by atoms with E-state index in [1.165, 1.54) is 50.5 Å². The molecular formula is C24H42N2O3. The van der Waals surface area contributed by atoms with Crippen molar-refractivity contribution in [1.29, 1.82) is 0 Å². The Hall–Kier alpha value is -2.04. The molecule has 0 heterocycles. The monoisotopic (exact) mass is 406 g/mol. The number of carbonyl (C=O) groups excluding carboxylic acids is 1. The Morgan fingerprint density at radius 2 is 1.31 bits per heavy atom. The fraction of sp³-hybridized carbons (Fsp3) is 0.667. The van der Waals surface area contributed by atoms with E-state index in [0.717, 1.165) is 38.5 Å². The average molecular weight is 407 g/mol. The number of nitrogens with zero attached hydrogens (tertiary/aromatic N) is 1. The van der Waals surface area contributed by atoms with Gasteiger partial charge < -0.3 is 10.4 Å². The molecular weight excluding hydrogens is 364 g/mol. The second-order valence-electron chi connectivity index (χ2n) is 7.29. The van der Waals surface area contributed by atoms with Gasteiger partial charge in [-0.25, -0.2) is 4.79 Å². The van der Waals surface area contributed by atoms with Gasteiger partial charge in [0, 0.05) is 13.6 Å². The summed E-state index contributed by atoms with van der Waals surface area (Å²) < 4.78 is 0. The molecule has 0 aromatic carbocycles. The molecule has 0 spiro atoms. The van der Waals surface area contributed by atoms with Crippen molar-refractivity contribution in [3.8, 4) is 0 Å². The third kappa shape index (κ3) is 19.1. The van der Waals surface area contributed by atoms with Gasteiger partial charge in [0.15, 0.2) is 0 Å². The van der Waals surface area contributed by atoms with E-state index < -0.39 is 6.09 Å². The molecule has 2 amide bonds. The molecule has 0 aliphatic heterocycles. The molecule has 166 valence electrons. The quantitative estimate of drug-likeness (QED) is 0.214. The lowest BCUT2D eigenvalue weighted by atomic mass is 10.1. The molecule has 0 aliphatic rings. The number of likely N-dealkylation sites (N-methyl/N-ethyl adjacent to an activating group) is 1. The molecule has 2 N–H and O–H groups in total. The Morgan fingerprint density at radius 1 is 0.793 bits per heavy atom. The second kappa shape index (κ2) is 20.7. The number of carbonyl (C=O) groups is 2. The number of unbranched alkanes of at least 4 members (excludes halogenated alkanes) is 8. The highest BCUT2D eigenvalue weighted by Crippen LogP contribution is 2.10. The van der Waals surface area contributed by atoms with Crippen molar-refractivity contribution in [2.24, 2.45) is 0 Å². The first-order valence-electron chi connectivity index (χ1n) is 11.2. The molecule has 5 heteroatoms. The maximum Gasteiger partial charge on any atom is 0.407 e. The third-order valence-corrected chi connectivity index (χ3v) is 4.71. The lowest BCUT2D eigenvalue weighted by molar-refractivity contribution is -0.121. The molecule has 0 fully saturated rings. The van der Waals surface area contributed by atoms with Crippen LogP contribution in [0.2, 0.25) is 0 Å². The van der Waals surface area contributed by atoms with Gasteiger partial charge in [-0.2, -0.15) is 0 Å². The van der Waals surface area contributed by atoms with Gasteiger partial charge in [0.2, 0.25) is 5.91 Å². The summed E-state index contributed by atoms with van der Waals surface area (Å²) in [4.78, 5) is 23.6. The van der Waals surface area contributed by atoms with Crippen LogP contribution >= 0.6 is 0 Å². The number of nitrogens with one attached hydrogen (secondary N) is 1. The largest absolute Gasteiger partial charge is 0.465 e. The number of rotatable bonds is 18. The smallest absolute Gasteiger partial charge is 0.407 e. The Kier molecular flexibility index (Phi) is 19.2. The Morgan fingerprint density at radius 3 is 1.86 bits per heavy atom. The van der Waals surface area contributed by atoms with Crippen LogP contribution in [0, 0.1) is 0 Å². The first kappa shape index (κ1) is 27.0. The van der Waals surface area contributed by atoms with Crippen molar-refractivity contribution in [1.82, 2.24) is 10.2 Å². The first-order chi connectivity index (χ1) is 14.1. The summed E-state index contributed by atoms with van der Waals surface area (Å²) in [5, 5.41) is 11.6. The number of amides is 2. The van der Waals surface area contributed by atoms with Crippen molar-refractivity contribution in [3.05, 3.63) is 36.5 Å². The van der Waals surface area contributed by atoms with Crippen molar-refractivity contribution >= 4 is 12.0 Å². The van der Waals surface area contributed by atoms with Crippen LogP contribution in [0.3, 0.4) is 0 Å². The van der Waals surface area contributed by atoms with E-state index in [-0.39, 0.29) is 12.5 Å². The minimum atomic E-state index is -1.03. The maximum atomic E-state index is 11.3. The Balaban J connectivity index is 3.46. The van der Waals surface area contributed by atoms with Crippen LogP contribution < -0.4 is 5.32 Å². The van der Waals surface area contributed by atoms with Gasteiger partial charge in [0.25, 0.3) is 0 Å². The number of carboxylic acid groups (broad SMARTS) is 1. The van der Waals surface area contributed by atoms with Crippen LogP contribution in [0.1, 0.15) is 84.0 Å². The molecule has 0 unspecified atom stereocenters. The molecule has 0 atom stereocenters. The topological polar surface area (TPSA) is 69.6 Å². The zero-order valence-electron chi connectivity index (χ0n) is 18.6. The SMILES string of the molecule is CC/C=C/C/C=C/C/C=C/CCCCCCCCCCN(CC(=O)NC)C(=O)O. The minimum absolute atomic E-state index is 0.0765. The van der Waals surface area contributed by atoms with E-state index in [1.54, 1.807) is 0 Å². The molecule has 0 saturated heterocycles. The lowest BCUT2D eigenvalue weighted by Crippen LogP contribution is -2.39. The summed E-state index contributed by atoms with van der Waals surface area (Å²) in [6.45, 7) is 2.51. The number of allylic oxidation sites excluding steroid dienone is 6. The zero-order valence-corrected chi connectivity index (χ0v) is 18.6. The van der Waals surface area contributed by atoms with Gasteiger partial charge in [-0.3, -0.25) is 9.69 Å². The molecule has 0 aromatic rings. The van der Waals surface area contributed by atoms with E-state index in [0.29, 0.717) is 6.54 Å². The third-order valence-electron chi connectivity index (χ3n) is 4.71. The van der Waals surface area contributed by atoms with Crippen molar-refractivity contribution in [2.45, 2.75) is 84.0 Å². The summed E-state index contributed by atoms with van der Waals surface area (Å²) in [5.41, 5.74) is 0. The fourth-order valence-corrected chi connectivity index (χ4v) is 2.95. The predicted molar refractivity (Wildman–Crippen MR) is 122 cm³/mol. The summed E-state index contributed by atoms with van der Waals surface area (Å²) in [6.07, 6.45) is 25.9. The van der Waals surface area contributed by atoms with Crippen molar-refractivity contribution in [2.75, 3.05) is 20.1 Å². The van der Waals surface area contributed by atoms with Crippen LogP contribution in [0.15, 0.2) is 36.5 Å². The van der Waals surface area contributed by atoms with Crippen LogP contribution in [0.4, 0.5) is 4.79 Å². The standard InChI is InChI=1S/C24H42N2O3/c1-3-4-5-6-7-8-9-10-11-12-13-14-15-16-17-18-19-20-21-26(24(28)29)22-23(27)25-2/h4-5,7-8,10-11H,3,6,9,12-22H2,1-2H3,(H,25,27)(H,28,29)/b5-4+,8-7+,11-10+. The number of hydrogen-bond acceptors (Lipinski definition) is 2. The Labute approximate surface area is 177 Å². The van der Waals surface area contributed by atoms with Crippen LogP contribution in [-0.2, 0) is 4.79 Å². The highest BCUT2D eigenvalue weighted by molar-refractivity contribution is 5.81. The van der Waals surface area contributed by atoms with Crippen LogP contribution in [0.5, 0.6) is 0 Å². The summed E-state index contributed by atoms with van der Waals surface area (Å²) in [6, 6.07) is 0. The van der Waals surface area contributed by atoms with Gasteiger partial charge in [0.1, 0.15) is 6.54 Å². The summed E-state index contributed by atoms with van der Waals surface area (Å²) in [5.74, 6) is -0.265. The van der Waals surface area contributed by atoms with Gasteiger partial charge in [-0.1, -0.05) is 81.9 Å². The van der Waals surface area contributed by atoms with E-state index in [1.807, 2.05) is 0 Å². The van der Waals surface area contributed by atoms with Gasteiger partial charge in [0.05, 0.1) is 0 Å². The van der Waals surface area contributed by atoms with Crippen molar-refractivity contribution in [3.63, 3.8) is 0 Å². The van der Waals surface area contributed by atoms with Gasteiger partial charge in [-0.05, 0) is 38.5 Å². The van der Waals surface area contributed by atoms with Crippen LogP contribution in [-0.4, -0.2) is 42.1 Å². The molecule has 0 aromatic heterocycles. The van der Waals surface area contributed by atoms with Gasteiger partial charge >= 0.3 is 6.09 Å². The maximum absolute atomic E-state index is 11.3. The van der Waals surface area contributed by atoms with Gasteiger partial charge in [-0.15, -0.1) is 0 Å². The first-order valence-corrected chi connectivity index (χ1v) is 11.2. The molecule has 5 nitrogen and oxygen atoms in total. The number of hydrogen-bond donors (Lipinski definition) is 2. The van der Waals surface area contributed by atoms with Crippen molar-refractivity contribution < 1.29 is 14.7 Å². The van der Waals surface area contributed by atoms with Crippen LogP contribution in [0.25, 0.3) is 0 Å². The molecule has 29 heavy (non-hydrogen) atoms. The average Bonchev–Trinajstić information content (AvgIpc) is 2.71. The highest BCUT2D eigenvalue weighted by Gasteiger charge is 2.14. The zero-order chi connectivity index (χ0) is 21.6. The highest BCUT2D eigenvalue weighted by atomic mass is 16.4. The fourth-order valence-electron chi connectivity index (χ4n) is 2.95.